The molecule has 1 aromatic heterocycles. The number of amides is 1. The van der Waals surface area contributed by atoms with Crippen LogP contribution in [0.15, 0.2) is 42.6 Å². The maximum absolute atomic E-state index is 12.5. The van der Waals surface area contributed by atoms with Gasteiger partial charge in [-0.3, -0.25) is 4.79 Å². The summed E-state index contributed by atoms with van der Waals surface area (Å²) in [5.41, 5.74) is 1.65. The number of ether oxygens (including phenoxy) is 3. The molecule has 0 saturated heterocycles. The molecule has 1 unspecified atom stereocenters. The van der Waals surface area contributed by atoms with E-state index >= 15 is 0 Å². The zero-order chi connectivity index (χ0) is 19.9. The lowest BCUT2D eigenvalue weighted by atomic mass is 9.87. The van der Waals surface area contributed by atoms with Crippen LogP contribution in [0.25, 0.3) is 0 Å². The van der Waals surface area contributed by atoms with Crippen molar-refractivity contribution >= 4 is 11.6 Å². The predicted octanol–water partition coefficient (Wildman–Crippen LogP) is 3.81. The Morgan fingerprint density at radius 1 is 1.19 bits per heavy atom. The number of nitrogens with zero attached hydrogens (tertiary/aromatic N) is 1. The molecule has 0 aliphatic rings. The van der Waals surface area contributed by atoms with Gasteiger partial charge < -0.3 is 19.5 Å². The van der Waals surface area contributed by atoms with E-state index < -0.39 is 6.10 Å². The van der Waals surface area contributed by atoms with E-state index in [1.165, 1.54) is 0 Å². The van der Waals surface area contributed by atoms with E-state index in [0.717, 1.165) is 5.56 Å². The predicted molar refractivity (Wildman–Crippen MR) is 105 cm³/mol. The van der Waals surface area contributed by atoms with Crippen LogP contribution < -0.4 is 14.8 Å². The number of aromatic nitrogens is 1. The number of carbonyl (C=O) groups is 1. The number of pyridine rings is 1. The van der Waals surface area contributed by atoms with Crippen molar-refractivity contribution in [3.8, 4) is 11.6 Å². The fraction of sp³-hybridized carbons (Fsp3) is 0.429. The first-order chi connectivity index (χ1) is 12.8. The fourth-order valence-corrected chi connectivity index (χ4v) is 2.35. The lowest BCUT2D eigenvalue weighted by molar-refractivity contribution is -0.122. The molecule has 146 valence electrons. The first-order valence-corrected chi connectivity index (χ1v) is 8.96. The minimum Gasteiger partial charge on any atom is -0.481 e. The SMILES string of the molecule is COCCOc1ncccc1NC(=O)C(C)Oc1cccc(C(C)(C)C)c1. The van der Waals surface area contributed by atoms with Gasteiger partial charge in [-0.1, -0.05) is 32.9 Å². The second kappa shape index (κ2) is 9.37. The van der Waals surface area contributed by atoms with Gasteiger partial charge in [0.2, 0.25) is 5.88 Å². The summed E-state index contributed by atoms with van der Waals surface area (Å²) in [6.45, 7) is 8.90. The molecule has 0 fully saturated rings. The lowest BCUT2D eigenvalue weighted by Crippen LogP contribution is -2.30. The Morgan fingerprint density at radius 2 is 1.96 bits per heavy atom. The highest BCUT2D eigenvalue weighted by Crippen LogP contribution is 2.26. The number of nitrogens with one attached hydrogen (secondary N) is 1. The summed E-state index contributed by atoms with van der Waals surface area (Å²) >= 11 is 0. The van der Waals surface area contributed by atoms with E-state index in [2.05, 4.69) is 37.1 Å². The molecule has 1 aromatic carbocycles. The molecule has 1 heterocycles. The van der Waals surface area contributed by atoms with Crippen LogP contribution in [0.4, 0.5) is 5.69 Å². The van der Waals surface area contributed by atoms with Crippen LogP contribution in [0.2, 0.25) is 0 Å². The quantitative estimate of drug-likeness (QED) is 0.714. The number of rotatable bonds is 8. The van der Waals surface area contributed by atoms with Crippen LogP contribution in [0.1, 0.15) is 33.3 Å². The standard InChI is InChI=1S/C21H28N2O4/c1-15(27-17-9-6-8-16(14-17)21(2,3)4)19(24)23-18-10-7-11-22-20(18)26-13-12-25-5/h6-11,14-15H,12-13H2,1-5H3,(H,23,24). The van der Waals surface area contributed by atoms with E-state index in [1.54, 1.807) is 32.4 Å². The molecule has 6 nitrogen and oxygen atoms in total. The molecular formula is C21H28N2O4. The van der Waals surface area contributed by atoms with Crippen LogP contribution >= 0.6 is 0 Å². The van der Waals surface area contributed by atoms with Gasteiger partial charge in [0.15, 0.2) is 6.10 Å². The molecule has 6 heteroatoms. The van der Waals surface area contributed by atoms with Gasteiger partial charge in [-0.25, -0.2) is 4.98 Å². The molecule has 0 spiro atoms. The normalized spacial score (nSPS) is 12.3. The molecule has 0 saturated carbocycles. The zero-order valence-electron chi connectivity index (χ0n) is 16.6. The minimum absolute atomic E-state index is 0.00895. The van der Waals surface area contributed by atoms with Crippen LogP contribution in [0.3, 0.4) is 0 Å². The van der Waals surface area contributed by atoms with Gasteiger partial charge in [0.25, 0.3) is 5.91 Å². The summed E-state index contributed by atoms with van der Waals surface area (Å²) in [4.78, 5) is 16.7. The molecule has 1 atom stereocenters. The molecule has 0 bridgehead atoms. The molecule has 0 aliphatic heterocycles. The van der Waals surface area contributed by atoms with Crippen LogP contribution in [0, 0.1) is 0 Å². The Hall–Kier alpha value is -2.60. The monoisotopic (exact) mass is 372 g/mol. The number of benzene rings is 1. The third-order valence-corrected chi connectivity index (χ3v) is 3.94. The maximum atomic E-state index is 12.5. The number of carbonyl (C=O) groups excluding carboxylic acids is 1. The van der Waals surface area contributed by atoms with E-state index in [0.29, 0.717) is 30.5 Å². The highest BCUT2D eigenvalue weighted by molar-refractivity contribution is 5.95. The second-order valence-corrected chi connectivity index (χ2v) is 7.22. The molecule has 2 rings (SSSR count). The molecule has 1 amide bonds. The number of hydrogen-bond donors (Lipinski definition) is 1. The van der Waals surface area contributed by atoms with Gasteiger partial charge in [-0.05, 0) is 42.2 Å². The van der Waals surface area contributed by atoms with E-state index in [-0.39, 0.29) is 11.3 Å². The van der Waals surface area contributed by atoms with Gasteiger partial charge in [0.05, 0.1) is 6.61 Å². The Kier molecular flexibility index (Phi) is 7.19. The van der Waals surface area contributed by atoms with Crippen molar-refractivity contribution in [1.29, 1.82) is 0 Å². The zero-order valence-corrected chi connectivity index (χ0v) is 16.6. The lowest BCUT2D eigenvalue weighted by Gasteiger charge is -2.21. The van der Waals surface area contributed by atoms with Crippen molar-refractivity contribution in [2.24, 2.45) is 0 Å². The number of methoxy groups -OCH3 is 1. The van der Waals surface area contributed by atoms with E-state index in [4.69, 9.17) is 14.2 Å². The smallest absolute Gasteiger partial charge is 0.265 e. The average molecular weight is 372 g/mol. The van der Waals surface area contributed by atoms with Gasteiger partial charge in [-0.2, -0.15) is 0 Å². The van der Waals surface area contributed by atoms with Gasteiger partial charge in [0, 0.05) is 13.3 Å². The van der Waals surface area contributed by atoms with E-state index in [9.17, 15) is 4.79 Å². The molecule has 27 heavy (non-hydrogen) atoms. The molecule has 0 aliphatic carbocycles. The third-order valence-electron chi connectivity index (χ3n) is 3.94. The van der Waals surface area contributed by atoms with Gasteiger partial charge in [0.1, 0.15) is 18.0 Å². The van der Waals surface area contributed by atoms with Crippen molar-refractivity contribution in [2.45, 2.75) is 39.2 Å². The third kappa shape index (κ3) is 6.25. The highest BCUT2D eigenvalue weighted by atomic mass is 16.5. The van der Waals surface area contributed by atoms with Crippen molar-refractivity contribution in [3.05, 3.63) is 48.2 Å². The van der Waals surface area contributed by atoms with Crippen molar-refractivity contribution in [1.82, 2.24) is 4.98 Å². The van der Waals surface area contributed by atoms with Crippen molar-refractivity contribution in [2.75, 3.05) is 25.6 Å². The fourth-order valence-electron chi connectivity index (χ4n) is 2.35. The minimum atomic E-state index is -0.674. The number of anilines is 1. The Morgan fingerprint density at radius 3 is 2.67 bits per heavy atom. The molecule has 1 N–H and O–H groups in total. The maximum Gasteiger partial charge on any atom is 0.265 e. The van der Waals surface area contributed by atoms with E-state index in [1.807, 2.05) is 18.2 Å². The largest absolute Gasteiger partial charge is 0.481 e. The Bertz CT molecular complexity index is 756. The summed E-state index contributed by atoms with van der Waals surface area (Å²) in [7, 11) is 1.60. The van der Waals surface area contributed by atoms with Crippen LogP contribution in [-0.4, -0.2) is 37.3 Å². The Labute approximate surface area is 160 Å². The van der Waals surface area contributed by atoms with Crippen LogP contribution in [-0.2, 0) is 14.9 Å². The van der Waals surface area contributed by atoms with Crippen molar-refractivity contribution < 1.29 is 19.0 Å². The first kappa shape index (κ1) is 20.7. The average Bonchev–Trinajstić information content (AvgIpc) is 2.63. The summed E-state index contributed by atoms with van der Waals surface area (Å²) in [5, 5.41) is 2.81. The molecular weight excluding hydrogens is 344 g/mol. The van der Waals surface area contributed by atoms with Gasteiger partial charge >= 0.3 is 0 Å². The highest BCUT2D eigenvalue weighted by Gasteiger charge is 2.19. The van der Waals surface area contributed by atoms with Gasteiger partial charge in [-0.15, -0.1) is 0 Å². The number of hydrogen-bond acceptors (Lipinski definition) is 5. The first-order valence-electron chi connectivity index (χ1n) is 8.96. The summed E-state index contributed by atoms with van der Waals surface area (Å²) < 4.78 is 16.3. The van der Waals surface area contributed by atoms with Crippen molar-refractivity contribution in [3.63, 3.8) is 0 Å². The van der Waals surface area contributed by atoms with Crippen LogP contribution in [0.5, 0.6) is 11.6 Å². The molecule has 0 radical (unpaired) electrons. The second-order valence-electron chi connectivity index (χ2n) is 7.22. The summed E-state index contributed by atoms with van der Waals surface area (Å²) in [5.74, 6) is 0.735. The molecule has 2 aromatic rings. The summed E-state index contributed by atoms with van der Waals surface area (Å²) in [6.07, 6.45) is 0.933. The summed E-state index contributed by atoms with van der Waals surface area (Å²) in [6, 6.07) is 11.3. The Balaban J connectivity index is 2.02. The topological polar surface area (TPSA) is 69.7 Å².